The van der Waals surface area contributed by atoms with E-state index in [0.717, 1.165) is 6.54 Å². The van der Waals surface area contributed by atoms with E-state index in [1.807, 2.05) is 0 Å². The van der Waals surface area contributed by atoms with Gasteiger partial charge in [-0.1, -0.05) is 6.92 Å². The largest absolute Gasteiger partial charge is 0.330 e. The molecule has 2 heterocycles. The van der Waals surface area contributed by atoms with Crippen molar-refractivity contribution in [3.05, 3.63) is 0 Å². The lowest BCUT2D eigenvalue weighted by molar-refractivity contribution is 0.115. The van der Waals surface area contributed by atoms with E-state index in [9.17, 15) is 0 Å². The Morgan fingerprint density at radius 1 is 0.938 bits per heavy atom. The van der Waals surface area contributed by atoms with E-state index in [1.54, 1.807) is 0 Å². The summed E-state index contributed by atoms with van der Waals surface area (Å²) in [6, 6.07) is 0. The number of piperidine rings is 1. The van der Waals surface area contributed by atoms with Gasteiger partial charge in [0.05, 0.1) is 0 Å². The van der Waals surface area contributed by atoms with Gasteiger partial charge in [-0.2, -0.15) is 0 Å². The summed E-state index contributed by atoms with van der Waals surface area (Å²) in [5.41, 5.74) is 6.25. The lowest BCUT2D eigenvalue weighted by Gasteiger charge is -2.39. The molecule has 2 N–H and O–H groups in total. The number of rotatable bonds is 4. The van der Waals surface area contributed by atoms with Gasteiger partial charge in [-0.25, -0.2) is 0 Å². The van der Waals surface area contributed by atoms with Gasteiger partial charge >= 0.3 is 0 Å². The van der Waals surface area contributed by atoms with Gasteiger partial charge in [0.1, 0.15) is 0 Å². The van der Waals surface area contributed by atoms with Crippen LogP contribution in [0, 0.1) is 5.41 Å². The summed E-state index contributed by atoms with van der Waals surface area (Å²) in [7, 11) is 0. The van der Waals surface area contributed by atoms with Gasteiger partial charge < -0.3 is 15.5 Å². The van der Waals surface area contributed by atoms with E-state index >= 15 is 0 Å². The quantitative estimate of drug-likeness (QED) is 0.779. The summed E-state index contributed by atoms with van der Waals surface area (Å²) in [5, 5.41) is 0. The van der Waals surface area contributed by atoms with Gasteiger partial charge in [0.15, 0.2) is 0 Å². The summed E-state index contributed by atoms with van der Waals surface area (Å²) in [6.45, 7) is 10.9. The van der Waals surface area contributed by atoms with Crippen LogP contribution in [0.15, 0.2) is 0 Å². The zero-order valence-corrected chi connectivity index (χ0v) is 10.7. The molecule has 0 spiro atoms. The molecule has 0 aromatic heterocycles. The number of nitrogens with two attached hydrogens (primary N) is 1. The summed E-state index contributed by atoms with van der Waals surface area (Å²) >= 11 is 0. The van der Waals surface area contributed by atoms with Gasteiger partial charge in [-0.15, -0.1) is 0 Å². The highest BCUT2D eigenvalue weighted by atomic mass is 15.2. The molecule has 0 aliphatic carbocycles. The molecule has 16 heavy (non-hydrogen) atoms. The van der Waals surface area contributed by atoms with E-state index in [1.165, 1.54) is 65.0 Å². The third-order valence-corrected chi connectivity index (χ3v) is 4.49. The lowest BCUT2D eigenvalue weighted by atomic mass is 9.80. The van der Waals surface area contributed by atoms with Crippen LogP contribution in [0.5, 0.6) is 0 Å². The van der Waals surface area contributed by atoms with Crippen LogP contribution in [0.4, 0.5) is 0 Å². The first-order valence-corrected chi connectivity index (χ1v) is 6.87. The standard InChI is InChI=1S/C13H27N3/c1-13(12-14)4-8-16(9-5-13)11-10-15-6-2-3-7-15/h2-12,14H2,1H3. The van der Waals surface area contributed by atoms with Crippen molar-refractivity contribution in [1.82, 2.24) is 9.80 Å². The van der Waals surface area contributed by atoms with Crippen LogP contribution in [0.25, 0.3) is 0 Å². The Bertz CT molecular complexity index is 203. The van der Waals surface area contributed by atoms with Crippen LogP contribution in [0.3, 0.4) is 0 Å². The van der Waals surface area contributed by atoms with Crippen LogP contribution in [0.2, 0.25) is 0 Å². The Kier molecular flexibility index (Phi) is 4.22. The van der Waals surface area contributed by atoms with E-state index < -0.39 is 0 Å². The molecule has 0 amide bonds. The smallest absolute Gasteiger partial charge is 0.0109 e. The summed E-state index contributed by atoms with van der Waals surface area (Å²) in [6.07, 6.45) is 5.38. The summed E-state index contributed by atoms with van der Waals surface area (Å²) in [4.78, 5) is 5.23. The van der Waals surface area contributed by atoms with Crippen molar-refractivity contribution >= 4 is 0 Å². The van der Waals surface area contributed by atoms with E-state index in [4.69, 9.17) is 5.73 Å². The zero-order valence-electron chi connectivity index (χ0n) is 10.7. The molecule has 0 atom stereocenters. The average molecular weight is 225 g/mol. The zero-order chi connectivity index (χ0) is 11.4. The van der Waals surface area contributed by atoms with E-state index in [0.29, 0.717) is 5.41 Å². The number of hydrogen-bond acceptors (Lipinski definition) is 3. The van der Waals surface area contributed by atoms with Gasteiger partial charge in [-0.05, 0) is 63.8 Å². The molecule has 0 bridgehead atoms. The van der Waals surface area contributed by atoms with Crippen molar-refractivity contribution in [2.24, 2.45) is 11.1 Å². The molecule has 0 aromatic carbocycles. The van der Waals surface area contributed by atoms with Gasteiger partial charge in [0, 0.05) is 13.1 Å². The Morgan fingerprint density at radius 2 is 1.44 bits per heavy atom. The molecule has 94 valence electrons. The van der Waals surface area contributed by atoms with Crippen LogP contribution < -0.4 is 5.73 Å². The minimum Gasteiger partial charge on any atom is -0.330 e. The van der Waals surface area contributed by atoms with Crippen molar-refractivity contribution < 1.29 is 0 Å². The topological polar surface area (TPSA) is 32.5 Å². The highest BCUT2D eigenvalue weighted by Gasteiger charge is 2.28. The fourth-order valence-electron chi connectivity index (χ4n) is 2.81. The summed E-state index contributed by atoms with van der Waals surface area (Å²) < 4.78 is 0. The maximum absolute atomic E-state index is 5.83. The maximum Gasteiger partial charge on any atom is 0.0109 e. The molecule has 0 aromatic rings. The first kappa shape index (κ1) is 12.3. The predicted molar refractivity (Wildman–Crippen MR) is 68.5 cm³/mol. The average Bonchev–Trinajstić information content (AvgIpc) is 2.81. The highest BCUT2D eigenvalue weighted by Crippen LogP contribution is 2.29. The molecule has 0 radical (unpaired) electrons. The van der Waals surface area contributed by atoms with E-state index in [-0.39, 0.29) is 0 Å². The molecule has 3 heteroatoms. The molecular weight excluding hydrogens is 198 g/mol. The van der Waals surface area contributed by atoms with Crippen LogP contribution in [-0.4, -0.2) is 55.6 Å². The van der Waals surface area contributed by atoms with Gasteiger partial charge in [0.2, 0.25) is 0 Å². The molecular formula is C13H27N3. The van der Waals surface area contributed by atoms with Crippen LogP contribution >= 0.6 is 0 Å². The number of nitrogens with zero attached hydrogens (tertiary/aromatic N) is 2. The maximum atomic E-state index is 5.83. The number of likely N-dealkylation sites (tertiary alicyclic amines) is 2. The molecule has 3 nitrogen and oxygen atoms in total. The molecule has 2 aliphatic heterocycles. The van der Waals surface area contributed by atoms with Crippen molar-refractivity contribution in [3.8, 4) is 0 Å². The van der Waals surface area contributed by atoms with Crippen molar-refractivity contribution in [2.75, 3.05) is 45.8 Å². The molecule has 2 fully saturated rings. The van der Waals surface area contributed by atoms with Crippen LogP contribution in [0.1, 0.15) is 32.6 Å². The fourth-order valence-corrected chi connectivity index (χ4v) is 2.81. The molecule has 2 rings (SSSR count). The summed E-state index contributed by atoms with van der Waals surface area (Å²) in [5.74, 6) is 0. The Hall–Kier alpha value is -0.120. The van der Waals surface area contributed by atoms with Gasteiger partial charge in [0.25, 0.3) is 0 Å². The third-order valence-electron chi connectivity index (χ3n) is 4.49. The van der Waals surface area contributed by atoms with E-state index in [2.05, 4.69) is 16.7 Å². The first-order chi connectivity index (χ1) is 7.72. The second-order valence-electron chi connectivity index (χ2n) is 5.91. The second kappa shape index (κ2) is 5.48. The Balaban J connectivity index is 1.65. The SMILES string of the molecule is CC1(CN)CCN(CCN2CCCC2)CC1. The minimum absolute atomic E-state index is 0.421. The minimum atomic E-state index is 0.421. The molecule has 2 saturated heterocycles. The second-order valence-corrected chi connectivity index (χ2v) is 5.91. The first-order valence-electron chi connectivity index (χ1n) is 6.87. The van der Waals surface area contributed by atoms with Gasteiger partial charge in [-0.3, -0.25) is 0 Å². The Labute approximate surface area is 100.0 Å². The third kappa shape index (κ3) is 3.19. The lowest BCUT2D eigenvalue weighted by Crippen LogP contribution is -2.44. The molecule has 2 aliphatic rings. The molecule has 0 saturated carbocycles. The monoisotopic (exact) mass is 225 g/mol. The normalized spacial score (nSPS) is 27.4. The van der Waals surface area contributed by atoms with Crippen molar-refractivity contribution in [1.29, 1.82) is 0 Å². The predicted octanol–water partition coefficient (Wildman–Crippen LogP) is 1.14. The van der Waals surface area contributed by atoms with Crippen molar-refractivity contribution in [2.45, 2.75) is 32.6 Å². The highest BCUT2D eigenvalue weighted by molar-refractivity contribution is 4.83. The number of hydrogen-bond donors (Lipinski definition) is 1. The Morgan fingerprint density at radius 3 is 1.94 bits per heavy atom. The van der Waals surface area contributed by atoms with Crippen molar-refractivity contribution in [3.63, 3.8) is 0 Å². The van der Waals surface area contributed by atoms with Crippen LogP contribution in [-0.2, 0) is 0 Å². The molecule has 0 unspecified atom stereocenters. The fraction of sp³-hybridized carbons (Fsp3) is 1.00.